The Bertz CT molecular complexity index is 187. The fraction of sp³-hybridized carbons (Fsp3) is 0.556. The highest BCUT2D eigenvalue weighted by Crippen LogP contribution is 2.10. The molecule has 0 heterocycles. The summed E-state index contributed by atoms with van der Waals surface area (Å²) < 4.78 is 0. The maximum Gasteiger partial charge on any atom is 0.133 e. The van der Waals surface area contributed by atoms with Crippen molar-refractivity contribution in [2.75, 3.05) is 0 Å². The molecule has 0 saturated carbocycles. The maximum atomic E-state index is 11.0. The molecule has 0 rings (SSSR count). The van der Waals surface area contributed by atoms with Gasteiger partial charge in [-0.2, -0.15) is 0 Å². The first-order valence-electron chi connectivity index (χ1n) is 4.08. The van der Waals surface area contributed by atoms with Gasteiger partial charge in [0.25, 0.3) is 0 Å². The summed E-state index contributed by atoms with van der Waals surface area (Å²) in [5.74, 6) is 0.0868. The van der Waals surface area contributed by atoms with E-state index in [2.05, 4.69) is 6.58 Å². The molecule has 0 aromatic heterocycles. The predicted molar refractivity (Wildman–Crippen MR) is 50.1 cm³/mol. The van der Waals surface area contributed by atoms with Gasteiger partial charge in [0, 0.05) is 18.8 Å². The van der Waals surface area contributed by atoms with E-state index in [9.17, 15) is 4.79 Å². The summed E-state index contributed by atoms with van der Waals surface area (Å²) in [5, 5.41) is 7.20. The Morgan fingerprint density at radius 1 is 1.75 bits per heavy atom. The smallest absolute Gasteiger partial charge is 0.133 e. The van der Waals surface area contributed by atoms with E-state index >= 15 is 0 Å². The van der Waals surface area contributed by atoms with Crippen LogP contribution in [0.1, 0.15) is 26.2 Å². The minimum Gasteiger partial charge on any atom is -0.387 e. The van der Waals surface area contributed by atoms with Crippen molar-refractivity contribution in [3.8, 4) is 0 Å². The third-order valence-electron chi connectivity index (χ3n) is 1.76. The second-order valence-corrected chi connectivity index (χ2v) is 2.77. The van der Waals surface area contributed by atoms with Gasteiger partial charge in [0.05, 0.1) is 5.84 Å². The van der Waals surface area contributed by atoms with E-state index in [1.807, 2.05) is 6.92 Å². The summed E-state index contributed by atoms with van der Waals surface area (Å²) >= 11 is 0. The second-order valence-electron chi connectivity index (χ2n) is 2.77. The summed E-state index contributed by atoms with van der Waals surface area (Å²) in [5.41, 5.74) is 5.31. The number of ketones is 1. The minimum absolute atomic E-state index is 0.0803. The van der Waals surface area contributed by atoms with E-state index in [1.165, 1.54) is 0 Å². The van der Waals surface area contributed by atoms with Crippen LogP contribution < -0.4 is 5.73 Å². The molecule has 0 amide bonds. The van der Waals surface area contributed by atoms with Crippen molar-refractivity contribution in [2.24, 2.45) is 11.7 Å². The van der Waals surface area contributed by atoms with Crippen LogP contribution in [0.2, 0.25) is 0 Å². The van der Waals surface area contributed by atoms with Crippen molar-refractivity contribution >= 4 is 11.6 Å². The van der Waals surface area contributed by atoms with Gasteiger partial charge >= 0.3 is 0 Å². The number of allylic oxidation sites excluding steroid dienone is 1. The Morgan fingerprint density at radius 2 is 2.33 bits per heavy atom. The molecular weight excluding hydrogens is 152 g/mol. The predicted octanol–water partition coefficient (Wildman–Crippen LogP) is 1.48. The van der Waals surface area contributed by atoms with E-state index in [0.29, 0.717) is 19.3 Å². The molecular formula is C9H16N2O. The average molecular weight is 168 g/mol. The quantitative estimate of drug-likeness (QED) is 0.358. The lowest BCUT2D eigenvalue weighted by molar-refractivity contribution is -0.119. The van der Waals surface area contributed by atoms with Gasteiger partial charge in [-0.3, -0.25) is 10.2 Å². The topological polar surface area (TPSA) is 66.9 Å². The lowest BCUT2D eigenvalue weighted by Crippen LogP contribution is -2.24. The largest absolute Gasteiger partial charge is 0.387 e. The Kier molecular flexibility index (Phi) is 5.00. The monoisotopic (exact) mass is 168 g/mol. The van der Waals surface area contributed by atoms with Crippen molar-refractivity contribution in [3.63, 3.8) is 0 Å². The van der Waals surface area contributed by atoms with Crippen LogP contribution in [0.3, 0.4) is 0 Å². The molecule has 0 aliphatic rings. The van der Waals surface area contributed by atoms with Gasteiger partial charge in [-0.1, -0.05) is 13.0 Å². The number of nitrogens with two attached hydrogens (primary N) is 1. The zero-order chi connectivity index (χ0) is 9.56. The van der Waals surface area contributed by atoms with E-state index in [1.54, 1.807) is 6.08 Å². The van der Waals surface area contributed by atoms with Gasteiger partial charge in [0.2, 0.25) is 0 Å². The number of hydrogen-bond donors (Lipinski definition) is 2. The van der Waals surface area contributed by atoms with E-state index in [0.717, 1.165) is 0 Å². The molecule has 1 atom stereocenters. The minimum atomic E-state index is -0.144. The van der Waals surface area contributed by atoms with Crippen LogP contribution in [0.25, 0.3) is 0 Å². The molecule has 0 fully saturated rings. The number of nitrogens with one attached hydrogen (secondary N) is 1. The molecule has 0 aliphatic carbocycles. The molecule has 0 aromatic rings. The highest BCUT2D eigenvalue weighted by Gasteiger charge is 2.13. The summed E-state index contributed by atoms with van der Waals surface area (Å²) in [6.07, 6.45) is 3.19. The maximum absolute atomic E-state index is 11.0. The molecule has 0 spiro atoms. The number of carbonyl (C=O) groups excluding carboxylic acids is 1. The highest BCUT2D eigenvalue weighted by atomic mass is 16.1. The molecule has 3 heteroatoms. The SMILES string of the molecule is C=CCC(CC(=O)CC)C(=N)N. The van der Waals surface area contributed by atoms with Gasteiger partial charge in [-0.05, 0) is 6.42 Å². The molecule has 3 nitrogen and oxygen atoms in total. The Balaban J connectivity index is 4.03. The van der Waals surface area contributed by atoms with Crippen molar-refractivity contribution in [1.29, 1.82) is 5.41 Å². The van der Waals surface area contributed by atoms with Crippen LogP contribution in [0.5, 0.6) is 0 Å². The van der Waals surface area contributed by atoms with Crippen LogP contribution in [-0.4, -0.2) is 11.6 Å². The van der Waals surface area contributed by atoms with Crippen LogP contribution in [0, 0.1) is 11.3 Å². The highest BCUT2D eigenvalue weighted by molar-refractivity contribution is 5.87. The van der Waals surface area contributed by atoms with Crippen LogP contribution in [-0.2, 0) is 4.79 Å². The molecule has 3 N–H and O–H groups in total. The first kappa shape index (κ1) is 10.9. The lowest BCUT2D eigenvalue weighted by Gasteiger charge is -2.10. The Labute approximate surface area is 73.2 Å². The summed E-state index contributed by atoms with van der Waals surface area (Å²) in [6.45, 7) is 5.37. The molecule has 0 radical (unpaired) electrons. The zero-order valence-electron chi connectivity index (χ0n) is 7.47. The summed E-state index contributed by atoms with van der Waals surface area (Å²) in [4.78, 5) is 11.0. The van der Waals surface area contributed by atoms with Gasteiger partial charge in [-0.15, -0.1) is 6.58 Å². The first-order chi connectivity index (χ1) is 5.61. The first-order valence-corrected chi connectivity index (χ1v) is 4.08. The fourth-order valence-corrected chi connectivity index (χ4v) is 0.941. The van der Waals surface area contributed by atoms with Crippen LogP contribution in [0.15, 0.2) is 12.7 Å². The third kappa shape index (κ3) is 3.91. The lowest BCUT2D eigenvalue weighted by atomic mass is 9.97. The molecule has 0 bridgehead atoms. The number of Topliss-reactive ketones (excluding diaryl/α,β-unsaturated/α-hetero) is 1. The van der Waals surface area contributed by atoms with Gasteiger partial charge in [0.15, 0.2) is 0 Å². The average Bonchev–Trinajstić information content (AvgIpc) is 2.03. The number of rotatable bonds is 6. The van der Waals surface area contributed by atoms with Crippen molar-refractivity contribution < 1.29 is 4.79 Å². The van der Waals surface area contributed by atoms with Gasteiger partial charge in [-0.25, -0.2) is 0 Å². The summed E-state index contributed by atoms with van der Waals surface area (Å²) in [7, 11) is 0. The summed E-state index contributed by atoms with van der Waals surface area (Å²) in [6, 6.07) is 0. The fourth-order valence-electron chi connectivity index (χ4n) is 0.941. The normalized spacial score (nSPS) is 12.1. The molecule has 1 unspecified atom stereocenters. The van der Waals surface area contributed by atoms with E-state index in [4.69, 9.17) is 11.1 Å². The Morgan fingerprint density at radius 3 is 2.67 bits per heavy atom. The molecule has 0 aromatic carbocycles. The van der Waals surface area contributed by atoms with E-state index in [-0.39, 0.29) is 17.5 Å². The Hall–Kier alpha value is -1.12. The van der Waals surface area contributed by atoms with Crippen molar-refractivity contribution in [3.05, 3.63) is 12.7 Å². The number of hydrogen-bond acceptors (Lipinski definition) is 2. The van der Waals surface area contributed by atoms with Crippen LogP contribution >= 0.6 is 0 Å². The second kappa shape index (κ2) is 5.52. The van der Waals surface area contributed by atoms with Gasteiger partial charge in [0.1, 0.15) is 5.78 Å². The van der Waals surface area contributed by atoms with E-state index < -0.39 is 0 Å². The molecule has 0 saturated heterocycles. The molecule has 12 heavy (non-hydrogen) atoms. The van der Waals surface area contributed by atoms with Crippen molar-refractivity contribution in [1.82, 2.24) is 0 Å². The standard InChI is InChI=1S/C9H16N2O/c1-3-5-7(9(10)11)6-8(12)4-2/h3,7H,1,4-6H2,2H3,(H3,10,11). The van der Waals surface area contributed by atoms with Gasteiger partial charge < -0.3 is 5.73 Å². The zero-order valence-corrected chi connectivity index (χ0v) is 7.47. The third-order valence-corrected chi connectivity index (χ3v) is 1.76. The molecule has 68 valence electrons. The van der Waals surface area contributed by atoms with Crippen LogP contribution in [0.4, 0.5) is 0 Å². The molecule has 0 aliphatic heterocycles. The van der Waals surface area contributed by atoms with Crippen molar-refractivity contribution in [2.45, 2.75) is 26.2 Å². The number of amidine groups is 1. The number of carbonyl (C=O) groups is 1.